The van der Waals surface area contributed by atoms with E-state index in [0.29, 0.717) is 6.04 Å². The maximum Gasteiger partial charge on any atom is 0.150 e. The van der Waals surface area contributed by atoms with Crippen LogP contribution in [0.2, 0.25) is 0 Å². The minimum atomic E-state index is 0.628. The van der Waals surface area contributed by atoms with Gasteiger partial charge >= 0.3 is 0 Å². The van der Waals surface area contributed by atoms with Crippen molar-refractivity contribution in [1.29, 1.82) is 0 Å². The molecule has 22 heavy (non-hydrogen) atoms. The van der Waals surface area contributed by atoms with E-state index in [-0.39, 0.29) is 0 Å². The van der Waals surface area contributed by atoms with E-state index in [0.717, 1.165) is 37.0 Å². The lowest BCUT2D eigenvalue weighted by atomic mass is 9.95. The molecule has 2 aromatic rings. The van der Waals surface area contributed by atoms with Crippen molar-refractivity contribution >= 4 is 11.3 Å². The number of hydrogen-bond donors (Lipinski definition) is 0. The summed E-state index contributed by atoms with van der Waals surface area (Å²) in [5.41, 5.74) is 4.11. The van der Waals surface area contributed by atoms with Gasteiger partial charge in [0.25, 0.3) is 0 Å². The molecular formula is C16H22N4OS. The van der Waals surface area contributed by atoms with Gasteiger partial charge in [0.1, 0.15) is 0 Å². The maximum atomic E-state index is 5.41. The van der Waals surface area contributed by atoms with Crippen LogP contribution in [0.4, 0.5) is 0 Å². The second-order valence-corrected chi connectivity index (χ2v) is 7.35. The first-order valence-electron chi connectivity index (χ1n) is 8.02. The largest absolute Gasteiger partial charge is 0.360 e. The van der Waals surface area contributed by atoms with Crippen LogP contribution in [0.5, 0.6) is 0 Å². The first kappa shape index (κ1) is 14.4. The van der Waals surface area contributed by atoms with Gasteiger partial charge in [-0.1, -0.05) is 5.16 Å². The lowest BCUT2D eigenvalue weighted by molar-refractivity contribution is 0.111. The van der Waals surface area contributed by atoms with E-state index in [2.05, 4.69) is 31.4 Å². The number of thiazole rings is 1. The third-order valence-electron chi connectivity index (χ3n) is 4.81. The van der Waals surface area contributed by atoms with E-state index < -0.39 is 0 Å². The Labute approximate surface area is 134 Å². The SMILES string of the molecule is Cc1cc(CN2C[C@H]3CC[C@@H]2CN(Cc2cscn2)C3)on1. The van der Waals surface area contributed by atoms with E-state index >= 15 is 0 Å². The monoisotopic (exact) mass is 318 g/mol. The van der Waals surface area contributed by atoms with Crippen LogP contribution in [0.1, 0.15) is 30.0 Å². The molecule has 3 aliphatic rings. The van der Waals surface area contributed by atoms with Gasteiger partial charge in [-0.2, -0.15) is 0 Å². The highest BCUT2D eigenvalue weighted by atomic mass is 32.1. The summed E-state index contributed by atoms with van der Waals surface area (Å²) in [6, 6.07) is 2.69. The van der Waals surface area contributed by atoms with Crippen molar-refractivity contribution in [2.45, 2.75) is 38.9 Å². The Bertz CT molecular complexity index is 611. The lowest BCUT2D eigenvalue weighted by Crippen LogP contribution is -2.43. The zero-order valence-corrected chi connectivity index (χ0v) is 13.8. The molecule has 0 saturated carbocycles. The molecule has 3 fully saturated rings. The Morgan fingerprint density at radius 1 is 1.27 bits per heavy atom. The van der Waals surface area contributed by atoms with Crippen molar-refractivity contribution in [1.82, 2.24) is 19.9 Å². The van der Waals surface area contributed by atoms with Crippen LogP contribution in [0.3, 0.4) is 0 Å². The number of piperidine rings is 1. The van der Waals surface area contributed by atoms with Gasteiger partial charge < -0.3 is 4.52 Å². The van der Waals surface area contributed by atoms with Crippen molar-refractivity contribution in [3.63, 3.8) is 0 Å². The van der Waals surface area contributed by atoms with Gasteiger partial charge in [0.05, 0.1) is 23.4 Å². The summed E-state index contributed by atoms with van der Waals surface area (Å²) in [7, 11) is 0. The predicted octanol–water partition coefficient (Wildman–Crippen LogP) is 2.54. The highest BCUT2D eigenvalue weighted by Crippen LogP contribution is 2.30. The summed E-state index contributed by atoms with van der Waals surface area (Å²) < 4.78 is 5.41. The standard InChI is InChI=1S/C16H22N4OS/c1-12-4-16(21-18-12)9-20-6-13-2-3-15(20)8-19(5-13)7-14-10-22-11-17-14/h4,10-11,13,15H,2-3,5-9H2,1H3/t13-,15+/m0/s1. The van der Waals surface area contributed by atoms with Crippen molar-refractivity contribution in [3.8, 4) is 0 Å². The normalized spacial score (nSPS) is 26.4. The van der Waals surface area contributed by atoms with E-state index in [4.69, 9.17) is 4.52 Å². The van der Waals surface area contributed by atoms with Gasteiger partial charge in [0.2, 0.25) is 0 Å². The Morgan fingerprint density at radius 2 is 2.23 bits per heavy atom. The first-order valence-corrected chi connectivity index (χ1v) is 8.96. The number of aromatic nitrogens is 2. The van der Waals surface area contributed by atoms with E-state index in [1.807, 2.05) is 12.4 Å². The minimum Gasteiger partial charge on any atom is -0.360 e. The molecule has 0 radical (unpaired) electrons. The molecule has 0 N–H and O–H groups in total. The number of nitrogens with zero attached hydrogens (tertiary/aromatic N) is 4. The third kappa shape index (κ3) is 3.09. The molecule has 0 aliphatic carbocycles. The number of fused-ring (bicyclic) bond motifs is 4. The quantitative estimate of drug-likeness (QED) is 0.867. The average Bonchev–Trinajstić information content (AvgIpc) is 3.05. The summed E-state index contributed by atoms with van der Waals surface area (Å²) >= 11 is 1.69. The summed E-state index contributed by atoms with van der Waals surface area (Å²) in [4.78, 5) is 9.62. The molecule has 118 valence electrons. The number of rotatable bonds is 4. The highest BCUT2D eigenvalue weighted by Gasteiger charge is 2.35. The zero-order chi connectivity index (χ0) is 14.9. The molecule has 0 amide bonds. The molecule has 2 aromatic heterocycles. The second kappa shape index (κ2) is 6.10. The van der Waals surface area contributed by atoms with Gasteiger partial charge in [-0.3, -0.25) is 9.80 Å². The molecule has 5 heterocycles. The highest BCUT2D eigenvalue weighted by molar-refractivity contribution is 7.07. The summed E-state index contributed by atoms with van der Waals surface area (Å²) in [5.74, 6) is 1.76. The van der Waals surface area contributed by atoms with E-state index in [1.54, 1.807) is 11.3 Å². The average molecular weight is 318 g/mol. The topological polar surface area (TPSA) is 45.4 Å². The van der Waals surface area contributed by atoms with Crippen molar-refractivity contribution in [2.24, 2.45) is 5.92 Å². The summed E-state index contributed by atoms with van der Waals surface area (Å²) in [6.45, 7) is 7.38. The van der Waals surface area contributed by atoms with E-state index in [1.165, 1.54) is 31.6 Å². The fourth-order valence-corrected chi connectivity index (χ4v) is 4.38. The first-order chi connectivity index (χ1) is 10.8. The van der Waals surface area contributed by atoms with E-state index in [9.17, 15) is 0 Å². The Morgan fingerprint density at radius 3 is 3.00 bits per heavy atom. The molecule has 6 heteroatoms. The van der Waals surface area contributed by atoms with Crippen LogP contribution in [-0.4, -0.2) is 45.6 Å². The predicted molar refractivity (Wildman–Crippen MR) is 85.6 cm³/mol. The van der Waals surface area contributed by atoms with Crippen LogP contribution >= 0.6 is 11.3 Å². The molecule has 5 nitrogen and oxygen atoms in total. The Hall–Kier alpha value is -1.24. The number of aryl methyl sites for hydroxylation is 1. The van der Waals surface area contributed by atoms with Crippen LogP contribution in [0, 0.1) is 12.8 Å². The molecular weight excluding hydrogens is 296 g/mol. The molecule has 0 spiro atoms. The molecule has 2 bridgehead atoms. The summed E-state index contributed by atoms with van der Waals surface area (Å²) in [5, 5.41) is 6.18. The minimum absolute atomic E-state index is 0.628. The van der Waals surface area contributed by atoms with Crippen LogP contribution in [-0.2, 0) is 13.1 Å². The fraction of sp³-hybridized carbons (Fsp3) is 0.625. The molecule has 0 aromatic carbocycles. The molecule has 3 aliphatic heterocycles. The Kier molecular flexibility index (Phi) is 3.98. The molecule has 5 rings (SSSR count). The van der Waals surface area contributed by atoms with Gasteiger partial charge in [0.15, 0.2) is 5.76 Å². The number of hydrogen-bond acceptors (Lipinski definition) is 6. The fourth-order valence-electron chi connectivity index (χ4n) is 3.83. The smallest absolute Gasteiger partial charge is 0.150 e. The van der Waals surface area contributed by atoms with Crippen LogP contribution < -0.4 is 0 Å². The van der Waals surface area contributed by atoms with Crippen molar-refractivity contribution in [2.75, 3.05) is 19.6 Å². The zero-order valence-electron chi connectivity index (χ0n) is 12.9. The van der Waals surface area contributed by atoms with Crippen molar-refractivity contribution in [3.05, 3.63) is 34.1 Å². The second-order valence-electron chi connectivity index (χ2n) is 6.64. The van der Waals surface area contributed by atoms with Gasteiger partial charge in [-0.15, -0.1) is 11.3 Å². The molecule has 3 saturated heterocycles. The van der Waals surface area contributed by atoms with Gasteiger partial charge in [-0.25, -0.2) is 4.98 Å². The summed E-state index contributed by atoms with van der Waals surface area (Å²) in [6.07, 6.45) is 2.65. The Balaban J connectivity index is 1.44. The maximum absolute atomic E-state index is 5.41. The van der Waals surface area contributed by atoms with Gasteiger partial charge in [-0.05, 0) is 25.7 Å². The molecule has 2 atom stereocenters. The van der Waals surface area contributed by atoms with Crippen LogP contribution in [0.25, 0.3) is 0 Å². The van der Waals surface area contributed by atoms with Crippen molar-refractivity contribution < 1.29 is 4.52 Å². The lowest BCUT2D eigenvalue weighted by Gasteiger charge is -2.35. The molecule has 0 unspecified atom stereocenters. The third-order valence-corrected chi connectivity index (χ3v) is 5.44. The van der Waals surface area contributed by atoms with Gasteiger partial charge in [0, 0.05) is 43.7 Å². The van der Waals surface area contributed by atoms with Crippen LogP contribution in [0.15, 0.2) is 21.5 Å².